The van der Waals surface area contributed by atoms with Crippen molar-refractivity contribution in [2.24, 2.45) is 17.6 Å². The highest BCUT2D eigenvalue weighted by molar-refractivity contribution is 7.98. The first-order valence-corrected chi connectivity index (χ1v) is 14.3. The molecule has 1 fully saturated rings. The number of fused-ring (bicyclic) bond motifs is 3. The van der Waals surface area contributed by atoms with Gasteiger partial charge >= 0.3 is 0 Å². The Kier molecular flexibility index (Phi) is 11.5. The Morgan fingerprint density at radius 3 is 2.37 bits per heavy atom. The van der Waals surface area contributed by atoms with Crippen LogP contribution >= 0.6 is 36.6 Å². The van der Waals surface area contributed by atoms with Gasteiger partial charge in [-0.3, -0.25) is 0 Å². The fraction of sp³-hybridized carbons (Fsp3) is 0.600. The summed E-state index contributed by atoms with van der Waals surface area (Å²) in [5.41, 5.74) is 12.9. The van der Waals surface area contributed by atoms with E-state index in [4.69, 9.17) is 5.73 Å². The molecule has 0 heterocycles. The van der Waals surface area contributed by atoms with Crippen molar-refractivity contribution in [2.75, 3.05) is 12.8 Å². The minimum Gasteiger partial charge on any atom is -0.324 e. The third-order valence-corrected chi connectivity index (χ3v) is 9.56. The standard InChI is InChI=1S/C30H44N2S.2ClH/c1-20(2)23-10-14-27-24(19-23)11-15-28-26(7-6-17-30(27,28)4)21(3)32-18-16-29(31)22-8-12-25(33-5)13-9-22;;/h8-10,12-14,19-21,26,28-29,32H,6-7,11,15-18,31H2,1-5H3;2*1H. The van der Waals surface area contributed by atoms with Crippen LogP contribution in [0.15, 0.2) is 47.4 Å². The van der Waals surface area contributed by atoms with Gasteiger partial charge in [-0.15, -0.1) is 36.6 Å². The molecule has 2 aromatic rings. The van der Waals surface area contributed by atoms with Gasteiger partial charge in [0.05, 0.1) is 0 Å². The summed E-state index contributed by atoms with van der Waals surface area (Å²) in [6, 6.07) is 16.8. The number of halogens is 2. The van der Waals surface area contributed by atoms with Crippen molar-refractivity contribution in [3.63, 3.8) is 0 Å². The van der Waals surface area contributed by atoms with Crippen molar-refractivity contribution >= 4 is 36.6 Å². The molecule has 0 bridgehead atoms. The van der Waals surface area contributed by atoms with Crippen LogP contribution in [-0.2, 0) is 11.8 Å². The molecule has 2 nitrogen and oxygen atoms in total. The van der Waals surface area contributed by atoms with E-state index in [2.05, 4.69) is 81.7 Å². The molecule has 3 N–H and O–H groups in total. The summed E-state index contributed by atoms with van der Waals surface area (Å²) in [7, 11) is 0. The van der Waals surface area contributed by atoms with Gasteiger partial charge in [0.1, 0.15) is 0 Å². The van der Waals surface area contributed by atoms with E-state index in [0.29, 0.717) is 17.4 Å². The summed E-state index contributed by atoms with van der Waals surface area (Å²) in [5, 5.41) is 3.89. The predicted molar refractivity (Wildman–Crippen MR) is 159 cm³/mol. The Morgan fingerprint density at radius 2 is 1.71 bits per heavy atom. The van der Waals surface area contributed by atoms with Crippen molar-refractivity contribution in [3.8, 4) is 0 Å². The summed E-state index contributed by atoms with van der Waals surface area (Å²) in [4.78, 5) is 1.30. The number of nitrogens with one attached hydrogen (secondary N) is 1. The molecular weight excluding hydrogens is 491 g/mol. The van der Waals surface area contributed by atoms with Crippen LogP contribution in [0.4, 0.5) is 0 Å². The zero-order valence-corrected chi connectivity index (χ0v) is 24.6. The smallest absolute Gasteiger partial charge is 0.0307 e. The molecule has 35 heavy (non-hydrogen) atoms. The predicted octanol–water partition coefficient (Wildman–Crippen LogP) is 8.06. The lowest BCUT2D eigenvalue weighted by Crippen LogP contribution is -2.50. The lowest BCUT2D eigenvalue weighted by atomic mass is 9.53. The summed E-state index contributed by atoms with van der Waals surface area (Å²) < 4.78 is 0. The van der Waals surface area contributed by atoms with E-state index in [1.807, 2.05) is 0 Å². The van der Waals surface area contributed by atoms with Gasteiger partial charge in [-0.05, 0) is 109 Å². The van der Waals surface area contributed by atoms with Crippen molar-refractivity contribution in [3.05, 3.63) is 64.7 Å². The Hall–Kier alpha value is -0.710. The van der Waals surface area contributed by atoms with Crippen LogP contribution < -0.4 is 11.1 Å². The van der Waals surface area contributed by atoms with Crippen LogP contribution in [0.2, 0.25) is 0 Å². The second kappa shape index (κ2) is 13.2. The molecular formula is C30H46Cl2N2S. The highest BCUT2D eigenvalue weighted by Gasteiger charge is 2.47. The van der Waals surface area contributed by atoms with E-state index in [-0.39, 0.29) is 30.9 Å². The molecule has 2 aliphatic rings. The van der Waals surface area contributed by atoms with Crippen molar-refractivity contribution in [2.45, 2.75) is 94.5 Å². The fourth-order valence-electron chi connectivity index (χ4n) is 6.71. The molecule has 196 valence electrons. The van der Waals surface area contributed by atoms with Gasteiger partial charge in [0.2, 0.25) is 0 Å². The quantitative estimate of drug-likeness (QED) is 0.335. The number of nitrogens with two attached hydrogens (primary N) is 1. The van der Waals surface area contributed by atoms with Gasteiger partial charge < -0.3 is 11.1 Å². The Morgan fingerprint density at radius 1 is 1.03 bits per heavy atom. The average molecular weight is 538 g/mol. The molecule has 0 aliphatic heterocycles. The zero-order valence-electron chi connectivity index (χ0n) is 22.2. The van der Waals surface area contributed by atoms with Crippen molar-refractivity contribution in [1.29, 1.82) is 0 Å². The van der Waals surface area contributed by atoms with Crippen LogP contribution in [-0.4, -0.2) is 18.8 Å². The minimum atomic E-state index is 0. The lowest BCUT2D eigenvalue weighted by Gasteiger charge is -2.52. The highest BCUT2D eigenvalue weighted by Crippen LogP contribution is 2.53. The maximum absolute atomic E-state index is 6.52. The largest absolute Gasteiger partial charge is 0.324 e. The lowest BCUT2D eigenvalue weighted by molar-refractivity contribution is 0.0827. The Balaban J connectivity index is 0.00000216. The number of hydrogen-bond donors (Lipinski definition) is 2. The average Bonchev–Trinajstić information content (AvgIpc) is 2.82. The van der Waals surface area contributed by atoms with Gasteiger partial charge in [0, 0.05) is 17.0 Å². The molecule has 1 saturated carbocycles. The molecule has 0 amide bonds. The van der Waals surface area contributed by atoms with E-state index in [9.17, 15) is 0 Å². The number of hydrogen-bond acceptors (Lipinski definition) is 3. The number of benzene rings is 2. The van der Waals surface area contributed by atoms with Crippen LogP contribution in [0.1, 0.15) is 94.0 Å². The molecule has 5 unspecified atom stereocenters. The van der Waals surface area contributed by atoms with Gasteiger partial charge in [0.15, 0.2) is 0 Å². The molecule has 5 atom stereocenters. The molecule has 2 aliphatic carbocycles. The minimum absolute atomic E-state index is 0. The topological polar surface area (TPSA) is 38.0 Å². The summed E-state index contributed by atoms with van der Waals surface area (Å²) >= 11 is 1.78. The molecule has 2 aromatic carbocycles. The zero-order chi connectivity index (χ0) is 23.6. The van der Waals surface area contributed by atoms with Crippen molar-refractivity contribution in [1.82, 2.24) is 5.32 Å². The fourth-order valence-corrected chi connectivity index (χ4v) is 7.12. The van der Waals surface area contributed by atoms with Crippen LogP contribution in [0.5, 0.6) is 0 Å². The molecule has 0 saturated heterocycles. The Labute approximate surface area is 230 Å². The first-order valence-electron chi connectivity index (χ1n) is 13.1. The number of rotatable bonds is 8. The second-order valence-corrected chi connectivity index (χ2v) is 12.0. The van der Waals surface area contributed by atoms with Gasteiger partial charge in [-0.2, -0.15) is 0 Å². The molecule has 4 rings (SSSR count). The normalized spacial score (nSPS) is 25.0. The summed E-state index contributed by atoms with van der Waals surface area (Å²) in [6.45, 7) is 10.6. The van der Waals surface area contributed by atoms with Gasteiger partial charge in [-0.25, -0.2) is 0 Å². The molecule has 0 spiro atoms. The first kappa shape index (κ1) is 30.5. The van der Waals surface area contributed by atoms with E-state index >= 15 is 0 Å². The highest BCUT2D eigenvalue weighted by atomic mass is 35.5. The monoisotopic (exact) mass is 536 g/mol. The third-order valence-electron chi connectivity index (χ3n) is 8.81. The van der Waals surface area contributed by atoms with E-state index in [1.54, 1.807) is 22.9 Å². The van der Waals surface area contributed by atoms with E-state index < -0.39 is 0 Å². The van der Waals surface area contributed by atoms with Gasteiger partial charge in [-0.1, -0.05) is 57.5 Å². The Bertz CT molecular complexity index is 932. The van der Waals surface area contributed by atoms with E-state index in [0.717, 1.165) is 24.8 Å². The summed E-state index contributed by atoms with van der Waals surface area (Å²) in [6.07, 6.45) is 9.72. The SMILES string of the molecule is CSc1ccc(C(N)CCNC(C)C2CCCC3(C)c4ccc(C(C)C)cc4CCC23)cc1.Cl.Cl. The third kappa shape index (κ3) is 6.60. The van der Waals surface area contributed by atoms with Crippen LogP contribution in [0, 0.1) is 11.8 Å². The first-order chi connectivity index (χ1) is 15.8. The maximum atomic E-state index is 6.52. The number of thioether (sulfide) groups is 1. The molecule has 0 aromatic heterocycles. The van der Waals surface area contributed by atoms with Crippen LogP contribution in [0.3, 0.4) is 0 Å². The van der Waals surface area contributed by atoms with Gasteiger partial charge in [0.25, 0.3) is 0 Å². The van der Waals surface area contributed by atoms with E-state index in [1.165, 1.54) is 48.1 Å². The number of aryl methyl sites for hydroxylation is 1. The van der Waals surface area contributed by atoms with Crippen molar-refractivity contribution < 1.29 is 0 Å². The maximum Gasteiger partial charge on any atom is 0.0307 e. The van der Waals surface area contributed by atoms with Crippen LogP contribution in [0.25, 0.3) is 0 Å². The second-order valence-electron chi connectivity index (χ2n) is 11.1. The molecule has 0 radical (unpaired) electrons. The summed E-state index contributed by atoms with van der Waals surface area (Å²) in [5.74, 6) is 2.14. The molecule has 5 heteroatoms.